The Morgan fingerprint density at radius 1 is 1.61 bits per heavy atom. The molecule has 0 radical (unpaired) electrons. The highest BCUT2D eigenvalue weighted by Gasteiger charge is 2.25. The van der Waals surface area contributed by atoms with E-state index in [9.17, 15) is 5.11 Å². The Morgan fingerprint density at radius 3 is 2.94 bits per heavy atom. The molecule has 7 nitrogen and oxygen atoms in total. The first-order valence-electron chi connectivity index (χ1n) is 5.76. The van der Waals surface area contributed by atoms with Crippen LogP contribution in [0, 0.1) is 5.92 Å². The van der Waals surface area contributed by atoms with E-state index in [0.717, 1.165) is 0 Å². The predicted octanol–water partition coefficient (Wildman–Crippen LogP) is -0.312. The predicted molar refractivity (Wildman–Crippen MR) is 69.4 cm³/mol. The topological polar surface area (TPSA) is 104 Å². The fraction of sp³-hybridized carbons (Fsp3) is 0.636. The zero-order valence-corrected chi connectivity index (χ0v) is 10.4. The van der Waals surface area contributed by atoms with Crippen LogP contribution >= 0.6 is 0 Å². The number of ether oxygens (including phenoxy) is 1. The number of hydrogen-bond acceptors (Lipinski definition) is 6. The maximum Gasteiger partial charge on any atom is 0.155 e. The van der Waals surface area contributed by atoms with E-state index in [1.54, 1.807) is 17.5 Å². The molecule has 0 saturated heterocycles. The average molecular weight is 256 g/mol. The molecule has 0 amide bonds. The maximum absolute atomic E-state index is 9.73. The number of nitrogens with two attached hydrogens (primary N) is 1. The second kappa shape index (κ2) is 7.80. The van der Waals surface area contributed by atoms with Crippen molar-refractivity contribution in [2.75, 3.05) is 26.6 Å². The number of hydrogen-bond donors (Lipinski definition) is 3. The monoisotopic (exact) mass is 256 g/mol. The summed E-state index contributed by atoms with van der Waals surface area (Å²) >= 11 is 0. The van der Waals surface area contributed by atoms with Crippen LogP contribution < -0.4 is 5.73 Å². The summed E-state index contributed by atoms with van der Waals surface area (Å²) in [5.41, 5.74) is 5.30. The summed E-state index contributed by atoms with van der Waals surface area (Å²) in [6, 6.07) is 0. The highest BCUT2D eigenvalue weighted by Crippen LogP contribution is 2.18. The van der Waals surface area contributed by atoms with Gasteiger partial charge in [-0.25, -0.2) is 0 Å². The lowest BCUT2D eigenvalue weighted by Crippen LogP contribution is -2.40. The lowest BCUT2D eigenvalue weighted by atomic mass is 10.1. The van der Waals surface area contributed by atoms with Crippen molar-refractivity contribution in [3.05, 3.63) is 11.8 Å². The third-order valence-corrected chi connectivity index (χ3v) is 2.51. The quantitative estimate of drug-likeness (QED) is 0.446. The SMILES string of the molecule is CC=NCN(C=NCN)[C@H]1C=C(O)[C@@H](CO)CO1. The van der Waals surface area contributed by atoms with Crippen LogP contribution in [-0.2, 0) is 4.74 Å². The van der Waals surface area contributed by atoms with Crippen LogP contribution in [0.3, 0.4) is 0 Å². The molecule has 2 atom stereocenters. The van der Waals surface area contributed by atoms with Gasteiger partial charge in [0.15, 0.2) is 6.23 Å². The molecule has 0 fully saturated rings. The largest absolute Gasteiger partial charge is 0.512 e. The van der Waals surface area contributed by atoms with Gasteiger partial charge in [0, 0.05) is 6.08 Å². The van der Waals surface area contributed by atoms with Gasteiger partial charge in [0.2, 0.25) is 0 Å². The van der Waals surface area contributed by atoms with Crippen molar-refractivity contribution < 1.29 is 14.9 Å². The summed E-state index contributed by atoms with van der Waals surface area (Å²) in [5.74, 6) is -0.232. The molecular formula is C11H20N4O3. The van der Waals surface area contributed by atoms with E-state index in [1.165, 1.54) is 6.08 Å². The molecular weight excluding hydrogens is 236 g/mol. The Bertz CT molecular complexity index is 330. The second-order valence-corrected chi connectivity index (χ2v) is 3.77. The highest BCUT2D eigenvalue weighted by atomic mass is 16.5. The van der Waals surface area contributed by atoms with Crippen molar-refractivity contribution in [1.82, 2.24) is 4.90 Å². The smallest absolute Gasteiger partial charge is 0.155 e. The summed E-state index contributed by atoms with van der Waals surface area (Å²) in [6.07, 6.45) is 4.30. The minimum atomic E-state index is -0.452. The molecule has 1 heterocycles. The van der Waals surface area contributed by atoms with Gasteiger partial charge in [-0.1, -0.05) is 0 Å². The first kappa shape index (κ1) is 14.6. The molecule has 102 valence electrons. The molecule has 0 spiro atoms. The van der Waals surface area contributed by atoms with Crippen molar-refractivity contribution in [3.63, 3.8) is 0 Å². The number of nitrogens with zero attached hydrogens (tertiary/aromatic N) is 3. The van der Waals surface area contributed by atoms with Gasteiger partial charge in [-0.2, -0.15) is 0 Å². The zero-order valence-electron chi connectivity index (χ0n) is 10.4. The summed E-state index contributed by atoms with van der Waals surface area (Å²) in [6.45, 7) is 2.46. The molecule has 0 bridgehead atoms. The van der Waals surface area contributed by atoms with Gasteiger partial charge in [-0.3, -0.25) is 9.98 Å². The lowest BCUT2D eigenvalue weighted by Gasteiger charge is -2.31. The molecule has 0 unspecified atom stereocenters. The summed E-state index contributed by atoms with van der Waals surface area (Å²) < 4.78 is 5.53. The number of aliphatic imine (C=N–C) groups is 2. The first-order valence-corrected chi connectivity index (χ1v) is 5.76. The molecule has 0 aromatic rings. The first-order chi connectivity index (χ1) is 8.72. The number of aliphatic hydroxyl groups excluding tert-OH is 2. The fourth-order valence-corrected chi connectivity index (χ4v) is 1.48. The van der Waals surface area contributed by atoms with E-state index < -0.39 is 6.23 Å². The van der Waals surface area contributed by atoms with Gasteiger partial charge in [0.05, 0.1) is 32.1 Å². The van der Waals surface area contributed by atoms with Crippen molar-refractivity contribution in [3.8, 4) is 0 Å². The lowest BCUT2D eigenvalue weighted by molar-refractivity contribution is -0.0352. The summed E-state index contributed by atoms with van der Waals surface area (Å²) in [5, 5.41) is 18.7. The molecule has 0 aromatic carbocycles. The molecule has 0 saturated carbocycles. The van der Waals surface area contributed by atoms with Gasteiger partial charge in [0.1, 0.15) is 12.4 Å². The molecule has 1 rings (SSSR count). The van der Waals surface area contributed by atoms with E-state index in [1.807, 2.05) is 6.92 Å². The van der Waals surface area contributed by atoms with Crippen LogP contribution in [-0.4, -0.2) is 60.4 Å². The van der Waals surface area contributed by atoms with Gasteiger partial charge >= 0.3 is 0 Å². The molecule has 1 aliphatic heterocycles. The fourth-order valence-electron chi connectivity index (χ4n) is 1.48. The Hall–Kier alpha value is -1.44. The van der Waals surface area contributed by atoms with Crippen molar-refractivity contribution in [2.45, 2.75) is 13.2 Å². The van der Waals surface area contributed by atoms with Crippen LogP contribution in [0.15, 0.2) is 21.8 Å². The Balaban J connectivity index is 2.73. The van der Waals surface area contributed by atoms with Gasteiger partial charge in [-0.15, -0.1) is 0 Å². The normalized spacial score (nSPS) is 24.7. The molecule has 18 heavy (non-hydrogen) atoms. The van der Waals surface area contributed by atoms with Crippen molar-refractivity contribution in [1.29, 1.82) is 0 Å². The maximum atomic E-state index is 9.73. The molecule has 1 aliphatic rings. The number of rotatable bonds is 6. The Kier molecular flexibility index (Phi) is 6.34. The van der Waals surface area contributed by atoms with E-state index in [-0.39, 0.29) is 31.6 Å². The summed E-state index contributed by atoms with van der Waals surface area (Å²) in [7, 11) is 0. The van der Waals surface area contributed by atoms with E-state index in [4.69, 9.17) is 15.6 Å². The van der Waals surface area contributed by atoms with Crippen LogP contribution in [0.1, 0.15) is 6.92 Å². The third kappa shape index (κ3) is 4.10. The zero-order chi connectivity index (χ0) is 13.4. The van der Waals surface area contributed by atoms with Gasteiger partial charge in [0.25, 0.3) is 0 Å². The molecule has 4 N–H and O–H groups in total. The third-order valence-electron chi connectivity index (χ3n) is 2.51. The van der Waals surface area contributed by atoms with Crippen molar-refractivity contribution in [2.24, 2.45) is 21.6 Å². The molecule has 0 aliphatic carbocycles. The van der Waals surface area contributed by atoms with E-state index in [0.29, 0.717) is 6.67 Å². The van der Waals surface area contributed by atoms with Crippen LogP contribution in [0.25, 0.3) is 0 Å². The van der Waals surface area contributed by atoms with Crippen LogP contribution in [0.5, 0.6) is 0 Å². The van der Waals surface area contributed by atoms with Crippen molar-refractivity contribution >= 4 is 12.6 Å². The van der Waals surface area contributed by atoms with Crippen LogP contribution in [0.2, 0.25) is 0 Å². The Morgan fingerprint density at radius 2 is 2.39 bits per heavy atom. The standard InChI is InChI=1S/C11H20N4O3/c1-2-13-7-15(8-14-6-12)11-3-10(17)9(4-16)5-18-11/h2-3,8-9,11,16-17H,4-7,12H2,1H3/t9-,11+/m0/s1. The van der Waals surface area contributed by atoms with E-state index in [2.05, 4.69) is 9.98 Å². The summed E-state index contributed by atoms with van der Waals surface area (Å²) in [4.78, 5) is 9.73. The molecule has 7 heteroatoms. The minimum Gasteiger partial charge on any atom is -0.512 e. The Labute approximate surface area is 106 Å². The minimum absolute atomic E-state index is 0.125. The van der Waals surface area contributed by atoms with E-state index >= 15 is 0 Å². The average Bonchev–Trinajstić information content (AvgIpc) is 2.39. The number of aliphatic hydroxyl groups is 2. The second-order valence-electron chi connectivity index (χ2n) is 3.77. The van der Waals surface area contributed by atoms with Crippen LogP contribution in [0.4, 0.5) is 0 Å². The highest BCUT2D eigenvalue weighted by molar-refractivity contribution is 5.57. The molecule has 0 aromatic heterocycles. The van der Waals surface area contributed by atoms with Gasteiger partial charge < -0.3 is 25.6 Å². The van der Waals surface area contributed by atoms with Gasteiger partial charge in [-0.05, 0) is 13.1 Å².